The number of H-pyrrole nitrogens is 1. The van der Waals surface area contributed by atoms with Gasteiger partial charge in [-0.05, 0) is 61.1 Å². The molecule has 2 aliphatic rings. The summed E-state index contributed by atoms with van der Waals surface area (Å²) < 4.78 is 5.08. The van der Waals surface area contributed by atoms with Crippen molar-refractivity contribution in [1.82, 2.24) is 4.98 Å². The summed E-state index contributed by atoms with van der Waals surface area (Å²) in [4.78, 5) is 15.1. The zero-order valence-electron chi connectivity index (χ0n) is 12.8. The van der Waals surface area contributed by atoms with Crippen LogP contribution in [0.3, 0.4) is 0 Å². The lowest BCUT2D eigenvalue weighted by molar-refractivity contribution is 0.0520. The van der Waals surface area contributed by atoms with Gasteiger partial charge < -0.3 is 9.72 Å². The number of ether oxygens (including phenoxy) is 1. The van der Waals surface area contributed by atoms with Gasteiger partial charge in [0.15, 0.2) is 0 Å². The summed E-state index contributed by atoms with van der Waals surface area (Å²) in [7, 11) is 0. The van der Waals surface area contributed by atoms with Crippen molar-refractivity contribution in [3.63, 3.8) is 0 Å². The minimum atomic E-state index is -0.227. The van der Waals surface area contributed by atoms with Crippen LogP contribution in [0.4, 0.5) is 0 Å². The van der Waals surface area contributed by atoms with E-state index in [1.54, 1.807) is 0 Å². The van der Waals surface area contributed by atoms with Gasteiger partial charge in [-0.2, -0.15) is 0 Å². The van der Waals surface area contributed by atoms with Crippen LogP contribution in [0.2, 0.25) is 0 Å². The summed E-state index contributed by atoms with van der Waals surface area (Å²) in [5, 5.41) is 0. The van der Waals surface area contributed by atoms with E-state index in [0.29, 0.717) is 18.2 Å². The highest BCUT2D eigenvalue weighted by atomic mass is 16.5. The number of rotatable bonds is 5. The van der Waals surface area contributed by atoms with Crippen molar-refractivity contribution in [3.8, 4) is 0 Å². The van der Waals surface area contributed by atoms with Gasteiger partial charge in [-0.3, -0.25) is 0 Å². The first-order chi connectivity index (χ1) is 10.8. The summed E-state index contributed by atoms with van der Waals surface area (Å²) >= 11 is 0. The first-order valence-corrected chi connectivity index (χ1v) is 8.20. The van der Waals surface area contributed by atoms with Gasteiger partial charge in [-0.25, -0.2) is 4.79 Å². The van der Waals surface area contributed by atoms with Crippen LogP contribution < -0.4 is 0 Å². The molecule has 0 bridgehead atoms. The molecule has 0 radical (unpaired) electrons. The summed E-state index contributed by atoms with van der Waals surface area (Å²) in [5.41, 5.74) is 4.67. The van der Waals surface area contributed by atoms with Crippen LogP contribution in [0.15, 0.2) is 36.4 Å². The summed E-state index contributed by atoms with van der Waals surface area (Å²) in [5.74, 6) is 2.02. The average Bonchev–Trinajstić information content (AvgIpc) is 2.87. The second-order valence-corrected chi connectivity index (χ2v) is 6.42. The fraction of sp³-hybridized carbons (Fsp3) is 0.421. The molecule has 3 nitrogen and oxygen atoms in total. The topological polar surface area (TPSA) is 42.1 Å². The van der Waals surface area contributed by atoms with Crippen molar-refractivity contribution in [2.45, 2.75) is 32.1 Å². The number of carbonyl (C=O) groups is 1. The Hall–Kier alpha value is -2.03. The normalized spacial score (nSPS) is 24.7. The Morgan fingerprint density at radius 3 is 2.95 bits per heavy atom. The fourth-order valence-corrected chi connectivity index (χ4v) is 4.09. The maximum atomic E-state index is 11.8. The molecule has 0 saturated heterocycles. The van der Waals surface area contributed by atoms with E-state index < -0.39 is 0 Å². The van der Waals surface area contributed by atoms with Crippen LogP contribution in [0, 0.1) is 11.8 Å². The van der Waals surface area contributed by atoms with E-state index in [1.807, 2.05) is 13.0 Å². The highest BCUT2D eigenvalue weighted by molar-refractivity contribution is 5.88. The monoisotopic (exact) mass is 299 g/mol. The van der Waals surface area contributed by atoms with Crippen molar-refractivity contribution in [3.05, 3.63) is 58.9 Å². The number of fused-ring (bicyclic) bond motifs is 3. The molecule has 3 heteroatoms. The van der Waals surface area contributed by atoms with Crippen LogP contribution in [0.25, 0.3) is 0 Å². The number of esters is 1. The van der Waals surface area contributed by atoms with Crippen molar-refractivity contribution < 1.29 is 12.4 Å². The molecule has 2 aliphatic carbocycles. The number of aromatic amines is 1. The van der Waals surface area contributed by atoms with E-state index in [0.717, 1.165) is 24.7 Å². The Morgan fingerprint density at radius 2 is 2.18 bits per heavy atom. The maximum Gasteiger partial charge on any atom is 0.354 e. The maximum absolute atomic E-state index is 11.8. The SMILES string of the molecule is CCOC(=O)c1cc2c([nH]1)C[C@H]1C2[C@H]1CCc1ccccc1.[HH].[HH]. The second-order valence-electron chi connectivity index (χ2n) is 6.42. The first kappa shape index (κ1) is 13.6. The minimum Gasteiger partial charge on any atom is -0.461 e. The van der Waals surface area contributed by atoms with E-state index in [4.69, 9.17) is 4.74 Å². The van der Waals surface area contributed by atoms with Gasteiger partial charge in [-0.15, -0.1) is 0 Å². The molecular formula is C19H25NO2. The zero-order chi connectivity index (χ0) is 15.1. The van der Waals surface area contributed by atoms with E-state index >= 15 is 0 Å². The third kappa shape index (κ3) is 2.25. The van der Waals surface area contributed by atoms with Crippen LogP contribution in [0.1, 0.15) is 49.4 Å². The number of hydrogen-bond donors (Lipinski definition) is 1. The second kappa shape index (κ2) is 5.31. The van der Waals surface area contributed by atoms with E-state index in [2.05, 4.69) is 35.3 Å². The Labute approximate surface area is 133 Å². The number of aryl methyl sites for hydroxylation is 1. The summed E-state index contributed by atoms with van der Waals surface area (Å²) in [6.45, 7) is 2.26. The molecule has 4 rings (SSSR count). The van der Waals surface area contributed by atoms with Gasteiger partial charge in [0.1, 0.15) is 5.69 Å². The number of hydrogen-bond acceptors (Lipinski definition) is 2. The molecule has 0 aliphatic heterocycles. The van der Waals surface area contributed by atoms with Crippen LogP contribution in [0.5, 0.6) is 0 Å². The third-order valence-corrected chi connectivity index (χ3v) is 5.17. The van der Waals surface area contributed by atoms with Gasteiger partial charge in [0.25, 0.3) is 0 Å². The van der Waals surface area contributed by atoms with Crippen molar-refractivity contribution in [2.24, 2.45) is 11.8 Å². The molecule has 2 aromatic rings. The number of carbonyl (C=O) groups excluding carboxylic acids is 1. The molecule has 1 aromatic heterocycles. The Morgan fingerprint density at radius 1 is 1.36 bits per heavy atom. The molecule has 118 valence electrons. The van der Waals surface area contributed by atoms with Crippen molar-refractivity contribution in [2.75, 3.05) is 6.61 Å². The summed E-state index contributed by atoms with van der Waals surface area (Å²) in [6, 6.07) is 12.7. The highest BCUT2D eigenvalue weighted by Crippen LogP contribution is 2.63. The lowest BCUT2D eigenvalue weighted by Crippen LogP contribution is -2.05. The number of benzene rings is 1. The Balaban J connectivity index is 0.00000104. The molecule has 3 atom stereocenters. The Kier molecular flexibility index (Phi) is 3.29. The van der Waals surface area contributed by atoms with E-state index in [1.165, 1.54) is 23.2 Å². The lowest BCUT2D eigenvalue weighted by Gasteiger charge is -2.04. The van der Waals surface area contributed by atoms with Gasteiger partial charge in [0, 0.05) is 8.55 Å². The molecule has 1 aromatic carbocycles. The molecule has 1 saturated carbocycles. The van der Waals surface area contributed by atoms with Gasteiger partial charge in [0.05, 0.1) is 6.61 Å². The van der Waals surface area contributed by atoms with Crippen LogP contribution in [-0.2, 0) is 17.6 Å². The molecule has 1 fully saturated rings. The molecule has 1 unspecified atom stereocenters. The first-order valence-electron chi connectivity index (χ1n) is 8.20. The third-order valence-electron chi connectivity index (χ3n) is 5.17. The van der Waals surface area contributed by atoms with Gasteiger partial charge in [0.2, 0.25) is 0 Å². The summed E-state index contributed by atoms with van der Waals surface area (Å²) in [6.07, 6.45) is 3.50. The van der Waals surface area contributed by atoms with Crippen LogP contribution in [-0.4, -0.2) is 17.6 Å². The number of aromatic nitrogens is 1. The van der Waals surface area contributed by atoms with Crippen LogP contribution >= 0.6 is 0 Å². The molecule has 1 N–H and O–H groups in total. The molecule has 1 heterocycles. The van der Waals surface area contributed by atoms with E-state index in [9.17, 15) is 4.79 Å². The largest absolute Gasteiger partial charge is 0.461 e. The van der Waals surface area contributed by atoms with Gasteiger partial charge >= 0.3 is 5.97 Å². The minimum absolute atomic E-state index is 0. The quantitative estimate of drug-likeness (QED) is 0.841. The lowest BCUT2D eigenvalue weighted by atomic mass is 10.0. The predicted molar refractivity (Wildman–Crippen MR) is 89.2 cm³/mol. The molecule has 22 heavy (non-hydrogen) atoms. The molecule has 0 spiro atoms. The zero-order valence-corrected chi connectivity index (χ0v) is 12.8. The van der Waals surface area contributed by atoms with E-state index in [-0.39, 0.29) is 8.82 Å². The standard InChI is InChI=1S/C19H21NO2.2H2/c1-2-22-19(21)17-11-15-16(20-17)10-14-13(18(14)15)9-8-12-6-4-3-5-7-12;;/h3-7,11,13-14,18,20H,2,8-10H2,1H3;2*1H/t13-,14+,18?;;/m0../s1. The predicted octanol–water partition coefficient (Wildman–Crippen LogP) is 4.20. The van der Waals surface area contributed by atoms with Crippen molar-refractivity contribution >= 4 is 5.97 Å². The molecular weight excluding hydrogens is 274 g/mol. The van der Waals surface area contributed by atoms with Gasteiger partial charge in [-0.1, -0.05) is 30.3 Å². The smallest absolute Gasteiger partial charge is 0.354 e. The average molecular weight is 299 g/mol. The number of nitrogens with one attached hydrogen (secondary N) is 1. The fourth-order valence-electron chi connectivity index (χ4n) is 4.09. The highest BCUT2D eigenvalue weighted by Gasteiger charge is 2.55. The van der Waals surface area contributed by atoms with Crippen molar-refractivity contribution in [1.29, 1.82) is 0 Å². The molecule has 0 amide bonds. The Bertz CT molecular complexity index is 699.